The second kappa shape index (κ2) is 7.65. The van der Waals surface area contributed by atoms with Crippen LogP contribution in [0.4, 0.5) is 0 Å². The van der Waals surface area contributed by atoms with Gasteiger partial charge in [0.05, 0.1) is 12.6 Å². The lowest BCUT2D eigenvalue weighted by atomic mass is 10.0. The summed E-state index contributed by atoms with van der Waals surface area (Å²) in [5.41, 5.74) is 2.37. The first-order valence-electron chi connectivity index (χ1n) is 7.15. The fraction of sp³-hybridized carbons (Fsp3) is 0.353. The number of rotatable bonds is 7. The summed E-state index contributed by atoms with van der Waals surface area (Å²) in [4.78, 5) is 4.18. The molecule has 0 aliphatic carbocycles. The zero-order valence-corrected chi connectivity index (χ0v) is 12.2. The first-order valence-corrected chi connectivity index (χ1v) is 7.15. The molecular formula is C17H22N2O. The molecule has 0 aliphatic heterocycles. The van der Waals surface area contributed by atoms with Gasteiger partial charge in [-0.05, 0) is 42.8 Å². The molecule has 1 aromatic carbocycles. The van der Waals surface area contributed by atoms with Gasteiger partial charge >= 0.3 is 0 Å². The van der Waals surface area contributed by atoms with E-state index in [0.717, 1.165) is 30.8 Å². The van der Waals surface area contributed by atoms with E-state index in [0.29, 0.717) is 0 Å². The Hall–Kier alpha value is -1.87. The van der Waals surface area contributed by atoms with E-state index in [9.17, 15) is 0 Å². The van der Waals surface area contributed by atoms with Crippen LogP contribution in [-0.4, -0.2) is 18.6 Å². The van der Waals surface area contributed by atoms with Crippen molar-refractivity contribution in [2.24, 2.45) is 0 Å². The Morgan fingerprint density at radius 3 is 2.55 bits per heavy atom. The Morgan fingerprint density at radius 2 is 1.95 bits per heavy atom. The van der Waals surface area contributed by atoms with Crippen LogP contribution in [0.25, 0.3) is 0 Å². The third kappa shape index (κ3) is 3.81. The fourth-order valence-electron chi connectivity index (χ4n) is 2.16. The summed E-state index contributed by atoms with van der Waals surface area (Å²) in [6.45, 7) is 2.95. The molecule has 0 saturated heterocycles. The molecular weight excluding hydrogens is 248 g/mol. The third-order valence-electron chi connectivity index (χ3n) is 3.29. The summed E-state index contributed by atoms with van der Waals surface area (Å²) in [6.07, 6.45) is 5.94. The number of pyridine rings is 1. The number of ether oxygens (including phenoxy) is 1. The number of nitrogens with zero attached hydrogens (tertiary/aromatic N) is 1. The number of benzene rings is 1. The largest absolute Gasteiger partial charge is 0.494 e. The minimum Gasteiger partial charge on any atom is -0.494 e. The number of hydrogen-bond acceptors (Lipinski definition) is 3. The zero-order chi connectivity index (χ0) is 14.2. The SMILES string of the molecule is CCCCOc1ccc(C(NC)c2cccnc2)cc1. The molecule has 1 heterocycles. The molecule has 1 unspecified atom stereocenters. The van der Waals surface area contributed by atoms with Crippen LogP contribution in [0, 0.1) is 0 Å². The maximum Gasteiger partial charge on any atom is 0.119 e. The van der Waals surface area contributed by atoms with Gasteiger partial charge in [-0.3, -0.25) is 4.98 Å². The molecule has 1 aromatic heterocycles. The predicted octanol–water partition coefficient (Wildman–Crippen LogP) is 3.57. The van der Waals surface area contributed by atoms with Crippen molar-refractivity contribution in [3.8, 4) is 5.75 Å². The Bertz CT molecular complexity index is 496. The topological polar surface area (TPSA) is 34.1 Å². The highest BCUT2D eigenvalue weighted by Crippen LogP contribution is 2.23. The lowest BCUT2D eigenvalue weighted by Gasteiger charge is -2.17. The Labute approximate surface area is 121 Å². The van der Waals surface area contributed by atoms with Crippen LogP contribution in [0.1, 0.15) is 36.9 Å². The summed E-state index contributed by atoms with van der Waals surface area (Å²) in [5, 5.41) is 3.33. The quantitative estimate of drug-likeness (QED) is 0.781. The van der Waals surface area contributed by atoms with E-state index in [1.807, 2.05) is 31.4 Å². The number of aromatic nitrogens is 1. The molecule has 2 aromatic rings. The molecule has 1 atom stereocenters. The van der Waals surface area contributed by atoms with E-state index in [-0.39, 0.29) is 6.04 Å². The van der Waals surface area contributed by atoms with E-state index in [2.05, 4.69) is 35.4 Å². The Morgan fingerprint density at radius 1 is 1.15 bits per heavy atom. The summed E-state index contributed by atoms with van der Waals surface area (Å²) in [7, 11) is 1.96. The monoisotopic (exact) mass is 270 g/mol. The summed E-state index contributed by atoms with van der Waals surface area (Å²) < 4.78 is 5.69. The maximum atomic E-state index is 5.69. The number of unbranched alkanes of at least 4 members (excludes halogenated alkanes) is 1. The maximum absolute atomic E-state index is 5.69. The van der Waals surface area contributed by atoms with Crippen molar-refractivity contribution in [2.75, 3.05) is 13.7 Å². The average Bonchev–Trinajstić information content (AvgIpc) is 2.51. The highest BCUT2D eigenvalue weighted by molar-refractivity contribution is 5.34. The second-order valence-corrected chi connectivity index (χ2v) is 4.78. The Kier molecular flexibility index (Phi) is 5.56. The zero-order valence-electron chi connectivity index (χ0n) is 12.2. The van der Waals surface area contributed by atoms with Crippen LogP contribution < -0.4 is 10.1 Å². The Balaban J connectivity index is 2.08. The van der Waals surface area contributed by atoms with Crippen LogP contribution in [0.5, 0.6) is 5.75 Å². The van der Waals surface area contributed by atoms with Crippen molar-refractivity contribution in [1.82, 2.24) is 10.3 Å². The van der Waals surface area contributed by atoms with Crippen molar-refractivity contribution >= 4 is 0 Å². The number of hydrogen-bond donors (Lipinski definition) is 1. The molecule has 2 rings (SSSR count). The highest BCUT2D eigenvalue weighted by Gasteiger charge is 2.11. The molecule has 3 nitrogen and oxygen atoms in total. The molecule has 20 heavy (non-hydrogen) atoms. The van der Waals surface area contributed by atoms with Crippen LogP contribution in [0.15, 0.2) is 48.8 Å². The lowest BCUT2D eigenvalue weighted by molar-refractivity contribution is 0.309. The van der Waals surface area contributed by atoms with Gasteiger partial charge in [0.25, 0.3) is 0 Å². The summed E-state index contributed by atoms with van der Waals surface area (Å²) in [6, 6.07) is 12.5. The van der Waals surface area contributed by atoms with Gasteiger partial charge < -0.3 is 10.1 Å². The van der Waals surface area contributed by atoms with E-state index in [1.54, 1.807) is 6.20 Å². The van der Waals surface area contributed by atoms with Crippen molar-refractivity contribution < 1.29 is 4.74 Å². The van der Waals surface area contributed by atoms with Gasteiger partial charge in [0.15, 0.2) is 0 Å². The van der Waals surface area contributed by atoms with Gasteiger partial charge in [0.2, 0.25) is 0 Å². The van der Waals surface area contributed by atoms with Crippen molar-refractivity contribution in [3.05, 3.63) is 59.9 Å². The molecule has 106 valence electrons. The molecule has 0 spiro atoms. The second-order valence-electron chi connectivity index (χ2n) is 4.78. The average molecular weight is 270 g/mol. The molecule has 0 bridgehead atoms. The van der Waals surface area contributed by atoms with Gasteiger partial charge in [0, 0.05) is 12.4 Å². The lowest BCUT2D eigenvalue weighted by Crippen LogP contribution is -2.17. The van der Waals surface area contributed by atoms with Crippen molar-refractivity contribution in [2.45, 2.75) is 25.8 Å². The predicted molar refractivity (Wildman–Crippen MR) is 82.0 cm³/mol. The molecule has 3 heteroatoms. The standard InChI is InChI=1S/C17H22N2O/c1-3-4-12-20-16-9-7-14(8-10-16)17(18-2)15-6-5-11-19-13-15/h5-11,13,17-18H,3-4,12H2,1-2H3. The van der Waals surface area contributed by atoms with E-state index >= 15 is 0 Å². The minimum absolute atomic E-state index is 0.161. The number of nitrogens with one attached hydrogen (secondary N) is 1. The van der Waals surface area contributed by atoms with Crippen molar-refractivity contribution in [1.29, 1.82) is 0 Å². The van der Waals surface area contributed by atoms with Crippen LogP contribution in [0.2, 0.25) is 0 Å². The molecule has 0 radical (unpaired) electrons. The first-order chi connectivity index (χ1) is 9.85. The smallest absolute Gasteiger partial charge is 0.119 e. The first kappa shape index (κ1) is 14.5. The molecule has 0 fully saturated rings. The normalized spacial score (nSPS) is 12.1. The van der Waals surface area contributed by atoms with Crippen LogP contribution in [-0.2, 0) is 0 Å². The highest BCUT2D eigenvalue weighted by atomic mass is 16.5. The van der Waals surface area contributed by atoms with Gasteiger partial charge in [-0.2, -0.15) is 0 Å². The third-order valence-corrected chi connectivity index (χ3v) is 3.29. The van der Waals surface area contributed by atoms with Crippen LogP contribution >= 0.6 is 0 Å². The van der Waals surface area contributed by atoms with Gasteiger partial charge in [0.1, 0.15) is 5.75 Å². The van der Waals surface area contributed by atoms with E-state index in [4.69, 9.17) is 4.74 Å². The van der Waals surface area contributed by atoms with Crippen molar-refractivity contribution in [3.63, 3.8) is 0 Å². The summed E-state index contributed by atoms with van der Waals surface area (Å²) >= 11 is 0. The molecule has 0 amide bonds. The van der Waals surface area contributed by atoms with E-state index < -0.39 is 0 Å². The van der Waals surface area contributed by atoms with Gasteiger partial charge in [-0.25, -0.2) is 0 Å². The van der Waals surface area contributed by atoms with Gasteiger partial charge in [-0.1, -0.05) is 31.5 Å². The van der Waals surface area contributed by atoms with Gasteiger partial charge in [-0.15, -0.1) is 0 Å². The minimum atomic E-state index is 0.161. The van der Waals surface area contributed by atoms with E-state index in [1.165, 1.54) is 5.56 Å². The molecule has 0 saturated carbocycles. The molecule has 1 N–H and O–H groups in total. The van der Waals surface area contributed by atoms with Crippen LogP contribution in [0.3, 0.4) is 0 Å². The molecule has 0 aliphatic rings. The fourth-order valence-corrected chi connectivity index (χ4v) is 2.16. The summed E-state index contributed by atoms with van der Waals surface area (Å²) in [5.74, 6) is 0.934.